The summed E-state index contributed by atoms with van der Waals surface area (Å²) in [6.45, 7) is 7.01. The molecule has 2 N–H and O–H groups in total. The molecule has 8 nitrogen and oxygen atoms in total. The number of rotatable bonds is 11. The molecule has 8 heteroatoms. The summed E-state index contributed by atoms with van der Waals surface area (Å²) in [6.07, 6.45) is 2.25. The van der Waals surface area contributed by atoms with Gasteiger partial charge < -0.3 is 29.4 Å². The lowest BCUT2D eigenvalue weighted by molar-refractivity contribution is 0.0925. The van der Waals surface area contributed by atoms with Crippen molar-refractivity contribution in [2.45, 2.75) is 20.3 Å². The Labute approximate surface area is 178 Å². The van der Waals surface area contributed by atoms with E-state index in [4.69, 9.17) is 13.9 Å². The minimum atomic E-state index is -0.193. The van der Waals surface area contributed by atoms with Crippen LogP contribution in [0.15, 0.2) is 46.0 Å². The number of benzene rings is 1. The predicted molar refractivity (Wildman–Crippen MR) is 117 cm³/mol. The second-order valence-electron chi connectivity index (χ2n) is 6.72. The number of likely N-dealkylation sites (N-methyl/N-ethyl adjacent to an activating group) is 1. The zero-order chi connectivity index (χ0) is 21.8. The van der Waals surface area contributed by atoms with Crippen molar-refractivity contribution < 1.29 is 18.7 Å². The number of guanidine groups is 1. The number of ether oxygens (including phenoxy) is 2. The summed E-state index contributed by atoms with van der Waals surface area (Å²) in [5.41, 5.74) is 0.832. The fourth-order valence-electron chi connectivity index (χ4n) is 2.70. The first-order valence-corrected chi connectivity index (χ1v) is 10.1. The lowest BCUT2D eigenvalue weighted by Crippen LogP contribution is -2.41. The van der Waals surface area contributed by atoms with Crippen molar-refractivity contribution in [2.75, 3.05) is 46.9 Å². The van der Waals surface area contributed by atoms with Gasteiger partial charge in [0.25, 0.3) is 5.91 Å². The quantitative estimate of drug-likeness (QED) is 0.333. The number of hydrogen-bond donors (Lipinski definition) is 2. The Hall–Kier alpha value is -3.16. The van der Waals surface area contributed by atoms with E-state index in [1.807, 2.05) is 50.1 Å². The molecule has 2 rings (SSSR count). The van der Waals surface area contributed by atoms with Gasteiger partial charge in [0.1, 0.15) is 18.1 Å². The van der Waals surface area contributed by atoms with Gasteiger partial charge in [-0.25, -0.2) is 0 Å². The number of carbonyl (C=O) groups excluding carboxylic acids is 1. The normalized spacial score (nSPS) is 11.1. The second-order valence-corrected chi connectivity index (χ2v) is 6.72. The molecular formula is C22H32N4O4. The fourth-order valence-corrected chi connectivity index (χ4v) is 2.70. The minimum absolute atomic E-state index is 0.193. The van der Waals surface area contributed by atoms with E-state index >= 15 is 0 Å². The van der Waals surface area contributed by atoms with Gasteiger partial charge in [-0.2, -0.15) is 0 Å². The van der Waals surface area contributed by atoms with Gasteiger partial charge in [0.05, 0.1) is 19.9 Å². The number of aliphatic imine (C=N–C) groups is 1. The van der Waals surface area contributed by atoms with E-state index in [1.54, 1.807) is 13.2 Å². The number of furan rings is 1. The first-order valence-electron chi connectivity index (χ1n) is 10.1. The maximum absolute atomic E-state index is 12.0. The Balaban J connectivity index is 1.72. The molecule has 2 aromatic rings. The van der Waals surface area contributed by atoms with Crippen LogP contribution in [0.5, 0.6) is 11.5 Å². The first kappa shape index (κ1) is 23.1. The third kappa shape index (κ3) is 7.35. The molecule has 0 spiro atoms. The van der Waals surface area contributed by atoms with E-state index in [2.05, 4.69) is 15.6 Å². The Morgan fingerprint density at radius 2 is 1.90 bits per heavy atom. The highest BCUT2D eigenvalue weighted by Gasteiger charge is 2.11. The number of methoxy groups -OCH3 is 1. The highest BCUT2D eigenvalue weighted by Crippen LogP contribution is 2.16. The van der Waals surface area contributed by atoms with E-state index in [0.717, 1.165) is 36.0 Å². The number of nitrogens with one attached hydrogen (secondary N) is 2. The van der Waals surface area contributed by atoms with Crippen LogP contribution in [0.2, 0.25) is 0 Å². The van der Waals surface area contributed by atoms with Gasteiger partial charge in [-0.15, -0.1) is 0 Å². The summed E-state index contributed by atoms with van der Waals surface area (Å²) < 4.78 is 16.1. The van der Waals surface area contributed by atoms with Gasteiger partial charge >= 0.3 is 0 Å². The Morgan fingerprint density at radius 3 is 2.53 bits per heavy atom. The van der Waals surface area contributed by atoms with Crippen molar-refractivity contribution in [1.82, 2.24) is 15.5 Å². The topological polar surface area (TPSA) is 88.3 Å². The standard InChI is InChI=1S/C22H32N4O4/c1-5-23-22(25-13-6-12-24-21(27)20-17(2)11-15-30-20)26(3)14-16-29-19-9-7-18(28-4)8-10-19/h7-11,15H,5-6,12-14,16H2,1-4H3,(H,23,25)(H,24,27). The number of carbonyl (C=O) groups is 1. The summed E-state index contributed by atoms with van der Waals surface area (Å²) >= 11 is 0. The largest absolute Gasteiger partial charge is 0.497 e. The molecule has 0 radical (unpaired) electrons. The van der Waals surface area contributed by atoms with Crippen LogP contribution in [-0.2, 0) is 0 Å². The molecule has 0 aliphatic rings. The van der Waals surface area contributed by atoms with Gasteiger partial charge in [-0.1, -0.05) is 0 Å². The zero-order valence-electron chi connectivity index (χ0n) is 18.2. The molecule has 0 aliphatic carbocycles. The molecule has 1 aromatic carbocycles. The monoisotopic (exact) mass is 416 g/mol. The molecule has 0 saturated carbocycles. The van der Waals surface area contributed by atoms with Crippen molar-refractivity contribution in [3.05, 3.63) is 47.9 Å². The Bertz CT molecular complexity index is 802. The van der Waals surface area contributed by atoms with Crippen LogP contribution in [0.25, 0.3) is 0 Å². The SMILES string of the molecule is CCNC(=NCCCNC(=O)c1occc1C)N(C)CCOc1ccc(OC)cc1. The third-order valence-corrected chi connectivity index (χ3v) is 4.40. The van der Waals surface area contributed by atoms with Gasteiger partial charge in [0, 0.05) is 32.2 Å². The predicted octanol–water partition coefficient (Wildman–Crippen LogP) is 2.69. The molecule has 1 aromatic heterocycles. The van der Waals surface area contributed by atoms with Crippen LogP contribution in [-0.4, -0.2) is 63.7 Å². The molecule has 1 amide bonds. The van der Waals surface area contributed by atoms with E-state index in [9.17, 15) is 4.79 Å². The Morgan fingerprint density at radius 1 is 1.17 bits per heavy atom. The van der Waals surface area contributed by atoms with Crippen LogP contribution in [0.4, 0.5) is 0 Å². The smallest absolute Gasteiger partial charge is 0.287 e. The average Bonchev–Trinajstić information content (AvgIpc) is 3.19. The van der Waals surface area contributed by atoms with Crippen molar-refractivity contribution in [2.24, 2.45) is 4.99 Å². The fraction of sp³-hybridized carbons (Fsp3) is 0.455. The molecule has 30 heavy (non-hydrogen) atoms. The molecular weight excluding hydrogens is 384 g/mol. The van der Waals surface area contributed by atoms with Crippen LogP contribution in [0, 0.1) is 6.92 Å². The van der Waals surface area contributed by atoms with Gasteiger partial charge in [0.2, 0.25) is 0 Å². The van der Waals surface area contributed by atoms with Gasteiger partial charge in [0.15, 0.2) is 11.7 Å². The lowest BCUT2D eigenvalue weighted by Gasteiger charge is -2.22. The van der Waals surface area contributed by atoms with Crippen LogP contribution in [0.1, 0.15) is 29.5 Å². The lowest BCUT2D eigenvalue weighted by atomic mass is 10.2. The summed E-state index contributed by atoms with van der Waals surface area (Å²) in [5, 5.41) is 6.13. The van der Waals surface area contributed by atoms with Crippen molar-refractivity contribution in [3.63, 3.8) is 0 Å². The molecule has 164 valence electrons. The molecule has 0 unspecified atom stereocenters. The maximum atomic E-state index is 12.0. The van der Waals surface area contributed by atoms with Crippen molar-refractivity contribution >= 4 is 11.9 Å². The van der Waals surface area contributed by atoms with Gasteiger partial charge in [-0.05, 0) is 50.6 Å². The van der Waals surface area contributed by atoms with Crippen LogP contribution < -0.4 is 20.1 Å². The zero-order valence-corrected chi connectivity index (χ0v) is 18.2. The van der Waals surface area contributed by atoms with E-state index in [1.165, 1.54) is 6.26 Å². The van der Waals surface area contributed by atoms with E-state index in [-0.39, 0.29) is 5.91 Å². The second kappa shape index (κ2) is 12.4. The third-order valence-electron chi connectivity index (χ3n) is 4.40. The first-order chi connectivity index (χ1) is 14.5. The van der Waals surface area contributed by atoms with Crippen molar-refractivity contribution in [1.29, 1.82) is 0 Å². The summed E-state index contributed by atoms with van der Waals surface area (Å²) in [5.74, 6) is 2.58. The maximum Gasteiger partial charge on any atom is 0.287 e. The molecule has 1 heterocycles. The summed E-state index contributed by atoms with van der Waals surface area (Å²) in [7, 11) is 3.61. The van der Waals surface area contributed by atoms with Crippen LogP contribution >= 0.6 is 0 Å². The van der Waals surface area contributed by atoms with Gasteiger partial charge in [-0.3, -0.25) is 9.79 Å². The molecule has 0 fully saturated rings. The molecule has 0 saturated heterocycles. The van der Waals surface area contributed by atoms with Crippen LogP contribution in [0.3, 0.4) is 0 Å². The molecule has 0 bridgehead atoms. The highest BCUT2D eigenvalue weighted by atomic mass is 16.5. The average molecular weight is 417 g/mol. The number of nitrogens with zero attached hydrogens (tertiary/aromatic N) is 2. The minimum Gasteiger partial charge on any atom is -0.497 e. The summed E-state index contributed by atoms with van der Waals surface area (Å²) in [6, 6.07) is 9.29. The Kier molecular flexibility index (Phi) is 9.57. The highest BCUT2D eigenvalue weighted by molar-refractivity contribution is 5.92. The van der Waals surface area contributed by atoms with Crippen molar-refractivity contribution in [3.8, 4) is 11.5 Å². The number of amides is 1. The van der Waals surface area contributed by atoms with E-state index in [0.29, 0.717) is 32.0 Å². The summed E-state index contributed by atoms with van der Waals surface area (Å²) in [4.78, 5) is 18.7. The van der Waals surface area contributed by atoms with E-state index < -0.39 is 0 Å². The molecule has 0 aliphatic heterocycles. The molecule has 0 atom stereocenters. The number of hydrogen-bond acceptors (Lipinski definition) is 5. The number of aryl methyl sites for hydroxylation is 1.